The van der Waals surface area contributed by atoms with Crippen molar-refractivity contribution in [3.8, 4) is 0 Å². The van der Waals surface area contributed by atoms with Crippen molar-refractivity contribution >= 4 is 17.3 Å². The molecule has 6 heteroatoms. The van der Waals surface area contributed by atoms with Gasteiger partial charge in [0.25, 0.3) is 11.6 Å². The molecule has 1 aromatic heterocycles. The van der Waals surface area contributed by atoms with Gasteiger partial charge in [-0.2, -0.15) is 0 Å². The summed E-state index contributed by atoms with van der Waals surface area (Å²) < 4.78 is 5.05. The zero-order chi connectivity index (χ0) is 14.7. The van der Waals surface area contributed by atoms with E-state index in [4.69, 9.17) is 4.42 Å². The number of aryl methyl sites for hydroxylation is 2. The van der Waals surface area contributed by atoms with E-state index >= 15 is 0 Å². The average Bonchev–Trinajstić information content (AvgIpc) is 2.85. The van der Waals surface area contributed by atoms with E-state index in [2.05, 4.69) is 5.32 Å². The number of nitrogens with zero attached hydrogens (tertiary/aromatic N) is 1. The first-order valence-corrected chi connectivity index (χ1v) is 6.15. The molecular formula is C14H14N2O4. The number of nitrogens with one attached hydrogen (secondary N) is 1. The zero-order valence-electron chi connectivity index (χ0n) is 11.2. The monoisotopic (exact) mass is 274 g/mol. The van der Waals surface area contributed by atoms with Crippen LogP contribution in [-0.4, -0.2) is 10.8 Å². The number of anilines is 1. The number of hydrogen-bond acceptors (Lipinski definition) is 4. The molecule has 0 aliphatic rings. The summed E-state index contributed by atoms with van der Waals surface area (Å²) in [5.74, 6) is 0.150. The maximum absolute atomic E-state index is 12.0. The topological polar surface area (TPSA) is 85.4 Å². The van der Waals surface area contributed by atoms with Crippen LogP contribution < -0.4 is 5.32 Å². The van der Waals surface area contributed by atoms with Gasteiger partial charge in [0, 0.05) is 17.3 Å². The Labute approximate surface area is 115 Å². The van der Waals surface area contributed by atoms with Crippen LogP contribution in [0.1, 0.15) is 28.6 Å². The van der Waals surface area contributed by atoms with E-state index in [-0.39, 0.29) is 11.6 Å². The minimum absolute atomic E-state index is 0.00853. The quantitative estimate of drug-likeness (QED) is 0.684. The molecule has 0 unspecified atom stereocenters. The van der Waals surface area contributed by atoms with Crippen LogP contribution in [0.5, 0.6) is 0 Å². The van der Waals surface area contributed by atoms with Gasteiger partial charge in [0.05, 0.1) is 16.7 Å². The number of carbonyl (C=O) groups excluding carboxylic acids is 1. The third-order valence-electron chi connectivity index (χ3n) is 3.02. The van der Waals surface area contributed by atoms with E-state index in [1.807, 2.05) is 6.92 Å². The number of amides is 1. The number of furan rings is 1. The van der Waals surface area contributed by atoms with E-state index in [1.54, 1.807) is 25.1 Å². The molecule has 2 aromatic rings. The summed E-state index contributed by atoms with van der Waals surface area (Å²) in [5.41, 5.74) is 1.44. The number of hydrogen-bond donors (Lipinski definition) is 1. The predicted molar refractivity (Wildman–Crippen MR) is 73.9 cm³/mol. The Morgan fingerprint density at radius 1 is 1.40 bits per heavy atom. The second kappa shape index (κ2) is 5.56. The molecule has 0 bridgehead atoms. The Morgan fingerprint density at radius 2 is 2.15 bits per heavy atom. The average molecular weight is 274 g/mol. The van der Waals surface area contributed by atoms with Crippen molar-refractivity contribution in [3.63, 3.8) is 0 Å². The Hall–Kier alpha value is -2.63. The van der Waals surface area contributed by atoms with E-state index < -0.39 is 4.92 Å². The van der Waals surface area contributed by atoms with Gasteiger partial charge in [-0.15, -0.1) is 0 Å². The Bertz CT molecular complexity index is 661. The molecule has 0 radical (unpaired) electrons. The number of rotatable bonds is 4. The van der Waals surface area contributed by atoms with E-state index in [9.17, 15) is 14.9 Å². The first-order chi connectivity index (χ1) is 9.52. The SMILES string of the molecule is CCc1ccc(NC(=O)c2ccoc2C)cc1[N+](=O)[O-]. The summed E-state index contributed by atoms with van der Waals surface area (Å²) in [4.78, 5) is 22.5. The first kappa shape index (κ1) is 13.8. The fourth-order valence-electron chi connectivity index (χ4n) is 1.93. The van der Waals surface area contributed by atoms with Crippen molar-refractivity contribution < 1.29 is 14.1 Å². The van der Waals surface area contributed by atoms with Gasteiger partial charge in [-0.1, -0.05) is 13.0 Å². The minimum atomic E-state index is -0.447. The molecule has 1 amide bonds. The van der Waals surface area contributed by atoms with Crippen molar-refractivity contribution in [2.24, 2.45) is 0 Å². The molecule has 20 heavy (non-hydrogen) atoms. The van der Waals surface area contributed by atoms with Crippen molar-refractivity contribution in [1.29, 1.82) is 0 Å². The second-order valence-electron chi connectivity index (χ2n) is 4.30. The van der Waals surface area contributed by atoms with Gasteiger partial charge in [0.1, 0.15) is 5.76 Å². The molecule has 104 valence electrons. The maximum Gasteiger partial charge on any atom is 0.274 e. The Balaban J connectivity index is 2.26. The summed E-state index contributed by atoms with van der Waals surface area (Å²) in [7, 11) is 0. The third kappa shape index (κ3) is 2.69. The molecule has 0 saturated carbocycles. The first-order valence-electron chi connectivity index (χ1n) is 6.15. The highest BCUT2D eigenvalue weighted by atomic mass is 16.6. The summed E-state index contributed by atoms with van der Waals surface area (Å²) >= 11 is 0. The summed E-state index contributed by atoms with van der Waals surface area (Å²) in [6.07, 6.45) is 1.98. The smallest absolute Gasteiger partial charge is 0.274 e. The van der Waals surface area contributed by atoms with Gasteiger partial charge < -0.3 is 9.73 Å². The van der Waals surface area contributed by atoms with Gasteiger partial charge in [0.2, 0.25) is 0 Å². The molecule has 0 aliphatic carbocycles. The maximum atomic E-state index is 12.0. The number of nitro benzene ring substituents is 1. The lowest BCUT2D eigenvalue weighted by Gasteiger charge is -2.06. The summed E-state index contributed by atoms with van der Waals surface area (Å²) in [6.45, 7) is 3.52. The number of nitro groups is 1. The van der Waals surface area contributed by atoms with Crippen molar-refractivity contribution in [3.05, 3.63) is 57.5 Å². The van der Waals surface area contributed by atoms with E-state index in [0.717, 1.165) is 0 Å². The van der Waals surface area contributed by atoms with Crippen LogP contribution in [0, 0.1) is 17.0 Å². The molecule has 0 fully saturated rings. The minimum Gasteiger partial charge on any atom is -0.469 e. The largest absolute Gasteiger partial charge is 0.469 e. The van der Waals surface area contributed by atoms with Crippen molar-refractivity contribution in [2.75, 3.05) is 5.32 Å². The molecule has 0 aliphatic heterocycles. The fourth-order valence-corrected chi connectivity index (χ4v) is 1.93. The molecule has 2 rings (SSSR count). The molecule has 0 spiro atoms. The van der Waals surface area contributed by atoms with Crippen LogP contribution in [0.2, 0.25) is 0 Å². The van der Waals surface area contributed by atoms with Gasteiger partial charge in [-0.25, -0.2) is 0 Å². The molecule has 0 atom stereocenters. The molecule has 6 nitrogen and oxygen atoms in total. The highest BCUT2D eigenvalue weighted by Crippen LogP contribution is 2.24. The molecular weight excluding hydrogens is 260 g/mol. The van der Waals surface area contributed by atoms with Crippen LogP contribution in [0.25, 0.3) is 0 Å². The predicted octanol–water partition coefficient (Wildman–Crippen LogP) is 3.31. The number of carbonyl (C=O) groups is 1. The molecule has 0 saturated heterocycles. The molecule has 1 aromatic carbocycles. The summed E-state index contributed by atoms with van der Waals surface area (Å²) in [5, 5.41) is 13.6. The number of benzene rings is 1. The van der Waals surface area contributed by atoms with Crippen molar-refractivity contribution in [1.82, 2.24) is 0 Å². The van der Waals surface area contributed by atoms with Crippen LogP contribution >= 0.6 is 0 Å². The van der Waals surface area contributed by atoms with Gasteiger partial charge >= 0.3 is 0 Å². The fraction of sp³-hybridized carbons (Fsp3) is 0.214. The van der Waals surface area contributed by atoms with E-state index in [1.165, 1.54) is 12.3 Å². The van der Waals surface area contributed by atoms with Gasteiger partial charge in [0.15, 0.2) is 0 Å². The summed E-state index contributed by atoms with van der Waals surface area (Å²) in [6, 6.07) is 6.22. The van der Waals surface area contributed by atoms with Gasteiger partial charge in [-0.05, 0) is 25.5 Å². The Morgan fingerprint density at radius 3 is 2.70 bits per heavy atom. The highest BCUT2D eigenvalue weighted by Gasteiger charge is 2.16. The highest BCUT2D eigenvalue weighted by molar-refractivity contribution is 6.05. The van der Waals surface area contributed by atoms with Crippen LogP contribution in [0.4, 0.5) is 11.4 Å². The standard InChI is InChI=1S/C14H14N2O4/c1-3-10-4-5-11(8-13(10)16(18)19)15-14(17)12-6-7-20-9(12)2/h4-8H,3H2,1-2H3,(H,15,17). The van der Waals surface area contributed by atoms with E-state index in [0.29, 0.717) is 29.0 Å². The lowest BCUT2D eigenvalue weighted by atomic mass is 10.1. The molecule has 1 N–H and O–H groups in total. The normalized spacial score (nSPS) is 10.3. The lowest BCUT2D eigenvalue weighted by Crippen LogP contribution is -2.12. The van der Waals surface area contributed by atoms with Gasteiger partial charge in [-0.3, -0.25) is 14.9 Å². The van der Waals surface area contributed by atoms with Crippen molar-refractivity contribution in [2.45, 2.75) is 20.3 Å². The van der Waals surface area contributed by atoms with Crippen LogP contribution in [-0.2, 0) is 6.42 Å². The Kier molecular flexibility index (Phi) is 3.84. The second-order valence-corrected chi connectivity index (χ2v) is 4.30. The molecule has 1 heterocycles. The zero-order valence-corrected chi connectivity index (χ0v) is 11.2. The van der Waals surface area contributed by atoms with Crippen LogP contribution in [0.15, 0.2) is 34.9 Å². The third-order valence-corrected chi connectivity index (χ3v) is 3.02. The lowest BCUT2D eigenvalue weighted by molar-refractivity contribution is -0.385. The van der Waals surface area contributed by atoms with Crippen LogP contribution in [0.3, 0.4) is 0 Å².